The lowest BCUT2D eigenvalue weighted by Gasteiger charge is -2.11. The minimum absolute atomic E-state index is 0.244. The van der Waals surface area contributed by atoms with Crippen molar-refractivity contribution in [2.45, 2.75) is 20.5 Å². The Balaban J connectivity index is 2.18. The number of aldehydes is 1. The minimum Gasteiger partial charge on any atom is -0.488 e. The highest BCUT2D eigenvalue weighted by Gasteiger charge is 2.06. The van der Waals surface area contributed by atoms with Gasteiger partial charge in [-0.3, -0.25) is 4.79 Å². The van der Waals surface area contributed by atoms with Crippen LogP contribution in [0.25, 0.3) is 0 Å². The third-order valence-corrected chi connectivity index (χ3v) is 2.99. The molecule has 0 atom stereocenters. The lowest BCUT2D eigenvalue weighted by molar-refractivity contribution is 0.111. The van der Waals surface area contributed by atoms with E-state index in [4.69, 9.17) is 4.74 Å². The third-order valence-electron chi connectivity index (χ3n) is 2.99. The maximum absolute atomic E-state index is 13.2. The first-order valence-corrected chi connectivity index (χ1v) is 6.04. The van der Waals surface area contributed by atoms with E-state index in [0.717, 1.165) is 23.0 Å². The van der Waals surface area contributed by atoms with Gasteiger partial charge in [0.05, 0.1) is 5.56 Å². The van der Waals surface area contributed by atoms with Gasteiger partial charge >= 0.3 is 0 Å². The van der Waals surface area contributed by atoms with Crippen LogP contribution < -0.4 is 4.74 Å². The van der Waals surface area contributed by atoms with Crippen LogP contribution in [0.5, 0.6) is 5.75 Å². The zero-order valence-corrected chi connectivity index (χ0v) is 10.9. The van der Waals surface area contributed by atoms with E-state index in [9.17, 15) is 9.18 Å². The second kappa shape index (κ2) is 5.65. The molecule has 0 radical (unpaired) electrons. The second-order valence-corrected chi connectivity index (χ2v) is 4.52. The fraction of sp³-hybridized carbons (Fsp3) is 0.188. The molecule has 0 fully saturated rings. The van der Waals surface area contributed by atoms with E-state index in [1.165, 1.54) is 12.1 Å². The van der Waals surface area contributed by atoms with Crippen LogP contribution in [0.1, 0.15) is 27.0 Å². The molecule has 0 bridgehead atoms. The lowest BCUT2D eigenvalue weighted by Crippen LogP contribution is -2.01. The summed E-state index contributed by atoms with van der Waals surface area (Å²) in [6, 6.07) is 9.98. The van der Waals surface area contributed by atoms with Gasteiger partial charge in [0.25, 0.3) is 0 Å². The number of ether oxygens (including phenoxy) is 1. The Labute approximate surface area is 111 Å². The Bertz CT molecular complexity index is 606. The first-order valence-electron chi connectivity index (χ1n) is 6.04. The first-order chi connectivity index (χ1) is 9.10. The summed E-state index contributed by atoms with van der Waals surface area (Å²) in [6.07, 6.45) is 0.765. The molecule has 0 saturated carbocycles. The largest absolute Gasteiger partial charge is 0.488 e. The Hall–Kier alpha value is -2.16. The molecule has 0 aromatic heterocycles. The maximum atomic E-state index is 13.2. The summed E-state index contributed by atoms with van der Waals surface area (Å²) in [5.41, 5.74) is 3.24. The molecule has 0 N–H and O–H groups in total. The smallest absolute Gasteiger partial charge is 0.153 e. The summed E-state index contributed by atoms with van der Waals surface area (Å²) in [6.45, 7) is 4.05. The molecular weight excluding hydrogens is 243 g/mol. The summed E-state index contributed by atoms with van der Waals surface area (Å²) < 4.78 is 18.8. The van der Waals surface area contributed by atoms with Gasteiger partial charge in [0.15, 0.2) is 6.29 Å². The van der Waals surface area contributed by atoms with Gasteiger partial charge in [-0.05, 0) is 49.2 Å². The van der Waals surface area contributed by atoms with Crippen LogP contribution in [0.4, 0.5) is 4.39 Å². The standard InChI is InChI=1S/C16H15FO2/c1-11-3-6-16(13(7-11)9-18)19-10-14-8-15(17)5-4-12(14)2/h3-9H,10H2,1-2H3. The fourth-order valence-electron chi connectivity index (χ4n) is 1.84. The van der Waals surface area contributed by atoms with Crippen LogP contribution >= 0.6 is 0 Å². The van der Waals surface area contributed by atoms with Crippen molar-refractivity contribution in [1.29, 1.82) is 0 Å². The minimum atomic E-state index is -0.288. The van der Waals surface area contributed by atoms with Gasteiger partial charge in [-0.2, -0.15) is 0 Å². The van der Waals surface area contributed by atoms with Crippen LogP contribution in [0, 0.1) is 19.7 Å². The summed E-state index contributed by atoms with van der Waals surface area (Å²) in [5.74, 6) is 0.230. The van der Waals surface area contributed by atoms with E-state index in [2.05, 4.69) is 0 Å². The van der Waals surface area contributed by atoms with Crippen LogP contribution in [0.3, 0.4) is 0 Å². The van der Waals surface area contributed by atoms with E-state index in [-0.39, 0.29) is 12.4 Å². The monoisotopic (exact) mass is 258 g/mol. The Morgan fingerprint density at radius 2 is 1.95 bits per heavy atom. The highest BCUT2D eigenvalue weighted by molar-refractivity contribution is 5.79. The molecule has 19 heavy (non-hydrogen) atoms. The van der Waals surface area contributed by atoms with Crippen molar-refractivity contribution in [3.05, 3.63) is 64.5 Å². The van der Waals surface area contributed by atoms with Gasteiger partial charge in [-0.25, -0.2) is 4.39 Å². The number of hydrogen-bond acceptors (Lipinski definition) is 2. The Kier molecular flexibility index (Phi) is 3.95. The van der Waals surface area contributed by atoms with Crippen molar-refractivity contribution in [2.75, 3.05) is 0 Å². The van der Waals surface area contributed by atoms with Crippen molar-refractivity contribution in [3.8, 4) is 5.75 Å². The molecule has 0 heterocycles. The molecule has 0 spiro atoms. The Morgan fingerprint density at radius 1 is 1.16 bits per heavy atom. The first kappa shape index (κ1) is 13.3. The van der Waals surface area contributed by atoms with Crippen molar-refractivity contribution in [1.82, 2.24) is 0 Å². The van der Waals surface area contributed by atoms with Gasteiger partial charge in [-0.1, -0.05) is 17.7 Å². The van der Waals surface area contributed by atoms with Crippen molar-refractivity contribution >= 4 is 6.29 Å². The van der Waals surface area contributed by atoms with Crippen molar-refractivity contribution < 1.29 is 13.9 Å². The summed E-state index contributed by atoms with van der Waals surface area (Å²) in [5, 5.41) is 0. The SMILES string of the molecule is Cc1ccc(OCc2cc(F)ccc2C)c(C=O)c1. The normalized spacial score (nSPS) is 10.3. The van der Waals surface area contributed by atoms with Crippen molar-refractivity contribution in [3.63, 3.8) is 0 Å². The predicted molar refractivity (Wildman–Crippen MR) is 72.0 cm³/mol. The van der Waals surface area contributed by atoms with Crippen LogP contribution in [-0.4, -0.2) is 6.29 Å². The highest BCUT2D eigenvalue weighted by Crippen LogP contribution is 2.20. The average Bonchev–Trinajstić information content (AvgIpc) is 2.40. The molecule has 2 aromatic carbocycles. The number of aryl methyl sites for hydroxylation is 2. The third kappa shape index (κ3) is 3.19. The van der Waals surface area contributed by atoms with Crippen LogP contribution in [-0.2, 0) is 6.61 Å². The fourth-order valence-corrected chi connectivity index (χ4v) is 1.84. The van der Waals surface area contributed by atoms with E-state index in [1.54, 1.807) is 18.2 Å². The van der Waals surface area contributed by atoms with Crippen molar-refractivity contribution in [2.24, 2.45) is 0 Å². The molecule has 2 aromatic rings. The Morgan fingerprint density at radius 3 is 2.68 bits per heavy atom. The molecule has 98 valence electrons. The molecule has 2 rings (SSSR count). The summed E-state index contributed by atoms with van der Waals surface area (Å²) >= 11 is 0. The van der Waals surface area contributed by atoms with Gasteiger partial charge in [0, 0.05) is 0 Å². The topological polar surface area (TPSA) is 26.3 Å². The number of carbonyl (C=O) groups excluding carboxylic acids is 1. The van der Waals surface area contributed by atoms with Gasteiger partial charge < -0.3 is 4.74 Å². The molecule has 0 unspecified atom stereocenters. The summed E-state index contributed by atoms with van der Waals surface area (Å²) in [4.78, 5) is 11.0. The average molecular weight is 258 g/mol. The molecule has 0 aliphatic carbocycles. The molecule has 3 heteroatoms. The second-order valence-electron chi connectivity index (χ2n) is 4.52. The summed E-state index contributed by atoms with van der Waals surface area (Å²) in [7, 11) is 0. The molecular formula is C16H15FO2. The van der Waals surface area contributed by atoms with Crippen LogP contribution in [0.2, 0.25) is 0 Å². The molecule has 0 amide bonds. The van der Waals surface area contributed by atoms with Crippen LogP contribution in [0.15, 0.2) is 36.4 Å². The number of rotatable bonds is 4. The zero-order valence-electron chi connectivity index (χ0n) is 10.9. The highest BCUT2D eigenvalue weighted by atomic mass is 19.1. The quantitative estimate of drug-likeness (QED) is 0.779. The molecule has 0 aliphatic heterocycles. The number of hydrogen-bond donors (Lipinski definition) is 0. The van der Waals surface area contributed by atoms with Gasteiger partial charge in [0.1, 0.15) is 18.2 Å². The number of carbonyl (C=O) groups is 1. The van der Waals surface area contributed by atoms with E-state index >= 15 is 0 Å². The van der Waals surface area contributed by atoms with E-state index < -0.39 is 0 Å². The van der Waals surface area contributed by atoms with E-state index in [0.29, 0.717) is 11.3 Å². The lowest BCUT2D eigenvalue weighted by atomic mass is 10.1. The van der Waals surface area contributed by atoms with Gasteiger partial charge in [-0.15, -0.1) is 0 Å². The molecule has 0 saturated heterocycles. The zero-order chi connectivity index (χ0) is 13.8. The number of benzene rings is 2. The predicted octanol–water partition coefficient (Wildman–Crippen LogP) is 3.83. The molecule has 2 nitrogen and oxygen atoms in total. The maximum Gasteiger partial charge on any atom is 0.153 e. The van der Waals surface area contributed by atoms with Gasteiger partial charge in [0.2, 0.25) is 0 Å². The van der Waals surface area contributed by atoms with E-state index in [1.807, 2.05) is 19.9 Å². The molecule has 0 aliphatic rings. The number of halogens is 1.